The lowest BCUT2D eigenvalue weighted by atomic mass is 10.1. The van der Waals surface area contributed by atoms with Crippen LogP contribution in [0.3, 0.4) is 0 Å². The molecule has 78 valence electrons. The van der Waals surface area contributed by atoms with Crippen LogP contribution in [0.25, 0.3) is 0 Å². The molecule has 15 heavy (non-hydrogen) atoms. The molecule has 2 rings (SSSR count). The van der Waals surface area contributed by atoms with Gasteiger partial charge < -0.3 is 4.90 Å². The maximum Gasteiger partial charge on any atom is 0.126 e. The van der Waals surface area contributed by atoms with Gasteiger partial charge in [0.15, 0.2) is 0 Å². The number of anilines is 1. The third kappa shape index (κ3) is 1.70. The van der Waals surface area contributed by atoms with E-state index in [-0.39, 0.29) is 6.04 Å². The molecule has 1 aliphatic heterocycles. The summed E-state index contributed by atoms with van der Waals surface area (Å²) in [6.45, 7) is 4.24. The molecule has 0 saturated heterocycles. The van der Waals surface area contributed by atoms with E-state index in [9.17, 15) is 0 Å². The lowest BCUT2D eigenvalue weighted by molar-refractivity contribution is 0.819. The van der Waals surface area contributed by atoms with Gasteiger partial charge in [0, 0.05) is 17.7 Å². The van der Waals surface area contributed by atoms with Crippen molar-refractivity contribution in [1.82, 2.24) is 0 Å². The second-order valence-electron chi connectivity index (χ2n) is 4.00. The zero-order valence-electron chi connectivity index (χ0n) is 9.24. The number of hydrogen-bond acceptors (Lipinski definition) is 3. The Morgan fingerprint density at radius 2 is 2.20 bits per heavy atom. The SMILES string of the molecule is Cc1cc(C)c2c(c1)N(C)C(C#N)CS2. The molecule has 0 spiro atoms. The molecule has 1 aromatic rings. The van der Waals surface area contributed by atoms with Gasteiger partial charge >= 0.3 is 0 Å². The van der Waals surface area contributed by atoms with Crippen molar-refractivity contribution in [2.75, 3.05) is 17.7 Å². The van der Waals surface area contributed by atoms with Gasteiger partial charge in [-0.05, 0) is 31.0 Å². The molecule has 0 radical (unpaired) electrons. The Morgan fingerprint density at radius 1 is 1.47 bits per heavy atom. The molecule has 1 aliphatic rings. The van der Waals surface area contributed by atoms with Crippen molar-refractivity contribution < 1.29 is 0 Å². The zero-order chi connectivity index (χ0) is 11.0. The number of hydrogen-bond donors (Lipinski definition) is 0. The summed E-state index contributed by atoms with van der Waals surface area (Å²) in [4.78, 5) is 3.42. The highest BCUT2D eigenvalue weighted by atomic mass is 32.2. The Balaban J connectivity index is 2.52. The zero-order valence-corrected chi connectivity index (χ0v) is 10.1. The highest BCUT2D eigenvalue weighted by molar-refractivity contribution is 7.99. The van der Waals surface area contributed by atoms with Crippen molar-refractivity contribution in [3.05, 3.63) is 23.3 Å². The minimum absolute atomic E-state index is 0.00343. The number of nitrogens with zero attached hydrogens (tertiary/aromatic N) is 2. The largest absolute Gasteiger partial charge is 0.357 e. The van der Waals surface area contributed by atoms with Crippen molar-refractivity contribution in [2.24, 2.45) is 0 Å². The van der Waals surface area contributed by atoms with Crippen LogP contribution in [0.2, 0.25) is 0 Å². The van der Waals surface area contributed by atoms with E-state index in [1.165, 1.54) is 21.7 Å². The standard InChI is InChI=1S/C12H14N2S/c1-8-4-9(2)12-11(5-8)14(3)10(6-13)7-15-12/h4-5,10H,7H2,1-3H3. The van der Waals surface area contributed by atoms with Crippen LogP contribution in [0.4, 0.5) is 5.69 Å². The topological polar surface area (TPSA) is 27.0 Å². The summed E-state index contributed by atoms with van der Waals surface area (Å²) in [6.07, 6.45) is 0. The fourth-order valence-electron chi connectivity index (χ4n) is 1.95. The Bertz CT molecular complexity index is 434. The molecule has 0 fully saturated rings. The second kappa shape index (κ2) is 3.79. The van der Waals surface area contributed by atoms with Crippen LogP contribution in [0.1, 0.15) is 11.1 Å². The maximum atomic E-state index is 9.02. The molecule has 0 aliphatic carbocycles. The van der Waals surface area contributed by atoms with Crippen molar-refractivity contribution in [2.45, 2.75) is 24.8 Å². The fraction of sp³-hybridized carbons (Fsp3) is 0.417. The molecule has 1 aromatic carbocycles. The molecule has 0 amide bonds. The first-order valence-corrected chi connectivity index (χ1v) is 5.98. The maximum absolute atomic E-state index is 9.02. The van der Waals surface area contributed by atoms with E-state index in [1.807, 2.05) is 7.05 Å². The van der Waals surface area contributed by atoms with Crippen LogP contribution in [0.15, 0.2) is 17.0 Å². The Hall–Kier alpha value is -1.14. The summed E-state index contributed by atoms with van der Waals surface area (Å²) in [6, 6.07) is 6.71. The summed E-state index contributed by atoms with van der Waals surface area (Å²) in [5, 5.41) is 9.02. The number of thioether (sulfide) groups is 1. The van der Waals surface area contributed by atoms with Crippen molar-refractivity contribution >= 4 is 17.4 Å². The minimum atomic E-state index is 0.00343. The molecule has 1 atom stereocenters. The van der Waals surface area contributed by atoms with Crippen LogP contribution in [-0.2, 0) is 0 Å². The molecule has 0 bridgehead atoms. The first-order chi connectivity index (χ1) is 7.13. The lowest BCUT2D eigenvalue weighted by Crippen LogP contribution is -2.35. The van der Waals surface area contributed by atoms with Crippen molar-refractivity contribution in [1.29, 1.82) is 5.26 Å². The highest BCUT2D eigenvalue weighted by Gasteiger charge is 2.24. The van der Waals surface area contributed by atoms with Gasteiger partial charge in [0.05, 0.1) is 11.8 Å². The first kappa shape index (κ1) is 10.4. The van der Waals surface area contributed by atoms with Gasteiger partial charge in [0.1, 0.15) is 6.04 Å². The van der Waals surface area contributed by atoms with Gasteiger partial charge in [-0.25, -0.2) is 0 Å². The molecule has 1 unspecified atom stereocenters. The van der Waals surface area contributed by atoms with Gasteiger partial charge in [-0.2, -0.15) is 5.26 Å². The quantitative estimate of drug-likeness (QED) is 0.670. The Morgan fingerprint density at radius 3 is 2.87 bits per heavy atom. The molecule has 2 nitrogen and oxygen atoms in total. The number of rotatable bonds is 0. The molecule has 1 heterocycles. The van der Waals surface area contributed by atoms with Crippen LogP contribution in [0.5, 0.6) is 0 Å². The molecule has 0 N–H and O–H groups in total. The van der Waals surface area contributed by atoms with Crippen LogP contribution >= 0.6 is 11.8 Å². The van der Waals surface area contributed by atoms with E-state index in [2.05, 4.69) is 36.9 Å². The summed E-state index contributed by atoms with van der Waals surface area (Å²) in [5.74, 6) is 0.865. The average Bonchev–Trinajstić information content (AvgIpc) is 2.19. The predicted molar refractivity (Wildman–Crippen MR) is 64.4 cm³/mol. The van der Waals surface area contributed by atoms with Gasteiger partial charge in [-0.3, -0.25) is 0 Å². The van der Waals surface area contributed by atoms with Crippen LogP contribution in [0, 0.1) is 25.2 Å². The first-order valence-electron chi connectivity index (χ1n) is 5.00. The summed E-state index contributed by atoms with van der Waals surface area (Å²) in [7, 11) is 2.01. The molecular formula is C12H14N2S. The van der Waals surface area contributed by atoms with E-state index in [0.717, 1.165) is 5.75 Å². The highest BCUT2D eigenvalue weighted by Crippen LogP contribution is 2.39. The van der Waals surface area contributed by atoms with E-state index in [4.69, 9.17) is 5.26 Å². The third-order valence-electron chi connectivity index (χ3n) is 2.78. The smallest absolute Gasteiger partial charge is 0.126 e. The van der Waals surface area contributed by atoms with E-state index in [0.29, 0.717) is 0 Å². The fourth-order valence-corrected chi connectivity index (χ4v) is 3.21. The van der Waals surface area contributed by atoms with Gasteiger partial charge in [-0.1, -0.05) is 6.07 Å². The van der Waals surface area contributed by atoms with Gasteiger partial charge in [-0.15, -0.1) is 11.8 Å². The second-order valence-corrected chi connectivity index (χ2v) is 5.03. The van der Waals surface area contributed by atoms with Crippen molar-refractivity contribution in [3.8, 4) is 6.07 Å². The molecule has 3 heteroatoms. The monoisotopic (exact) mass is 218 g/mol. The van der Waals surface area contributed by atoms with Crippen molar-refractivity contribution in [3.63, 3.8) is 0 Å². The number of benzene rings is 1. The van der Waals surface area contributed by atoms with Gasteiger partial charge in [0.2, 0.25) is 0 Å². The average molecular weight is 218 g/mol. The number of fused-ring (bicyclic) bond motifs is 1. The number of aryl methyl sites for hydroxylation is 2. The number of nitriles is 1. The summed E-state index contributed by atoms with van der Waals surface area (Å²) in [5.41, 5.74) is 3.78. The molecule has 0 saturated carbocycles. The normalized spacial score (nSPS) is 19.6. The Kier molecular flexibility index (Phi) is 2.62. The van der Waals surface area contributed by atoms with E-state index < -0.39 is 0 Å². The minimum Gasteiger partial charge on any atom is -0.357 e. The van der Waals surface area contributed by atoms with Crippen LogP contribution < -0.4 is 4.90 Å². The van der Waals surface area contributed by atoms with Gasteiger partial charge in [0.25, 0.3) is 0 Å². The summed E-state index contributed by atoms with van der Waals surface area (Å²) < 4.78 is 0. The van der Waals surface area contributed by atoms with Crippen LogP contribution in [-0.4, -0.2) is 18.8 Å². The molecule has 0 aromatic heterocycles. The molecular weight excluding hydrogens is 204 g/mol. The predicted octanol–water partition coefficient (Wildman–Crippen LogP) is 2.74. The third-order valence-corrected chi connectivity index (χ3v) is 4.08. The summed E-state index contributed by atoms with van der Waals surface area (Å²) >= 11 is 1.80. The van der Waals surface area contributed by atoms with E-state index in [1.54, 1.807) is 11.8 Å². The lowest BCUT2D eigenvalue weighted by Gasteiger charge is -2.32. The Labute approximate surface area is 94.9 Å². The van der Waals surface area contributed by atoms with E-state index >= 15 is 0 Å².